The van der Waals surface area contributed by atoms with Crippen molar-refractivity contribution in [2.24, 2.45) is 0 Å². The van der Waals surface area contributed by atoms with Gasteiger partial charge in [-0.1, -0.05) is 30.3 Å². The summed E-state index contributed by atoms with van der Waals surface area (Å²) in [5, 5.41) is 7.72. The first-order valence-corrected chi connectivity index (χ1v) is 7.88. The third kappa shape index (κ3) is 4.18. The minimum atomic E-state index is 0.835. The summed E-state index contributed by atoms with van der Waals surface area (Å²) in [6, 6.07) is 20.2. The molecule has 2 nitrogen and oxygen atoms in total. The molecule has 0 aliphatic heterocycles. The van der Waals surface area contributed by atoms with Crippen LogP contribution in [0.1, 0.15) is 11.1 Å². The fourth-order valence-corrected chi connectivity index (χ4v) is 2.76. The molecule has 0 aliphatic carbocycles. The van der Waals surface area contributed by atoms with Crippen LogP contribution in [0.4, 0.5) is 0 Å². The van der Waals surface area contributed by atoms with E-state index >= 15 is 0 Å². The number of hydrogen-bond donors (Lipinski definition) is 1. The Morgan fingerprint density at radius 3 is 2.43 bits per heavy atom. The summed E-state index contributed by atoms with van der Waals surface area (Å²) < 4.78 is 5.85. The molecule has 1 aromatic heterocycles. The van der Waals surface area contributed by atoms with E-state index in [4.69, 9.17) is 4.74 Å². The van der Waals surface area contributed by atoms with E-state index in [1.807, 2.05) is 42.5 Å². The Kier molecular flexibility index (Phi) is 4.66. The first kappa shape index (κ1) is 13.9. The fraction of sp³-hybridized carbons (Fsp3) is 0.111. The maximum Gasteiger partial charge on any atom is 0.127 e. The molecule has 3 aromatic rings. The Morgan fingerprint density at radius 1 is 0.810 bits per heavy atom. The Balaban J connectivity index is 1.58. The van der Waals surface area contributed by atoms with Crippen molar-refractivity contribution >= 4 is 11.3 Å². The van der Waals surface area contributed by atoms with Gasteiger partial charge in [0.1, 0.15) is 11.5 Å². The summed E-state index contributed by atoms with van der Waals surface area (Å²) in [4.78, 5) is 0. The summed E-state index contributed by atoms with van der Waals surface area (Å²) in [5.74, 6) is 1.73. The summed E-state index contributed by atoms with van der Waals surface area (Å²) in [5.41, 5.74) is 2.55. The zero-order chi connectivity index (χ0) is 14.3. The smallest absolute Gasteiger partial charge is 0.127 e. The molecule has 0 aliphatic rings. The monoisotopic (exact) mass is 295 g/mol. The molecule has 0 unspecified atom stereocenters. The Labute approximate surface area is 129 Å². The van der Waals surface area contributed by atoms with Crippen LogP contribution in [0.25, 0.3) is 0 Å². The third-order valence-electron chi connectivity index (χ3n) is 3.12. The summed E-state index contributed by atoms with van der Waals surface area (Å²) in [6.07, 6.45) is 0. The number of nitrogens with one attached hydrogen (secondary N) is 1. The van der Waals surface area contributed by atoms with Crippen molar-refractivity contribution < 1.29 is 4.74 Å². The Bertz CT molecular complexity index is 665. The van der Waals surface area contributed by atoms with E-state index in [-0.39, 0.29) is 0 Å². The van der Waals surface area contributed by atoms with Gasteiger partial charge in [-0.2, -0.15) is 11.3 Å². The van der Waals surface area contributed by atoms with Crippen LogP contribution in [0, 0.1) is 0 Å². The summed E-state index contributed by atoms with van der Waals surface area (Å²) >= 11 is 1.73. The molecule has 3 rings (SSSR count). The number of benzene rings is 2. The zero-order valence-electron chi connectivity index (χ0n) is 11.7. The average Bonchev–Trinajstić information content (AvgIpc) is 3.02. The highest BCUT2D eigenvalue weighted by molar-refractivity contribution is 7.07. The van der Waals surface area contributed by atoms with Crippen molar-refractivity contribution in [2.45, 2.75) is 13.1 Å². The molecule has 0 saturated carbocycles. The fourth-order valence-electron chi connectivity index (χ4n) is 2.09. The van der Waals surface area contributed by atoms with E-state index < -0.39 is 0 Å². The van der Waals surface area contributed by atoms with Gasteiger partial charge in [0.05, 0.1) is 0 Å². The van der Waals surface area contributed by atoms with E-state index in [0.29, 0.717) is 0 Å². The largest absolute Gasteiger partial charge is 0.457 e. The minimum absolute atomic E-state index is 0.835. The number of ether oxygens (including phenoxy) is 1. The molecule has 0 saturated heterocycles. The van der Waals surface area contributed by atoms with Gasteiger partial charge >= 0.3 is 0 Å². The van der Waals surface area contributed by atoms with Crippen molar-refractivity contribution in [3.8, 4) is 11.5 Å². The highest BCUT2D eigenvalue weighted by atomic mass is 32.1. The van der Waals surface area contributed by atoms with Crippen LogP contribution in [0.2, 0.25) is 0 Å². The molecule has 1 heterocycles. The second-order valence-electron chi connectivity index (χ2n) is 4.80. The van der Waals surface area contributed by atoms with Crippen molar-refractivity contribution in [3.05, 3.63) is 82.6 Å². The lowest BCUT2D eigenvalue weighted by atomic mass is 10.2. The molecule has 0 fully saturated rings. The van der Waals surface area contributed by atoms with E-state index in [1.165, 1.54) is 11.1 Å². The Hall–Kier alpha value is -2.10. The lowest BCUT2D eigenvalue weighted by Gasteiger charge is -2.08. The topological polar surface area (TPSA) is 21.3 Å². The number of rotatable bonds is 6. The predicted molar refractivity (Wildman–Crippen MR) is 87.8 cm³/mol. The van der Waals surface area contributed by atoms with Crippen LogP contribution in [-0.2, 0) is 13.1 Å². The van der Waals surface area contributed by atoms with Crippen LogP contribution in [0.15, 0.2) is 71.4 Å². The van der Waals surface area contributed by atoms with E-state index in [2.05, 4.69) is 34.3 Å². The predicted octanol–water partition coefficient (Wildman–Crippen LogP) is 4.83. The first-order chi connectivity index (χ1) is 10.4. The van der Waals surface area contributed by atoms with Gasteiger partial charge in [0, 0.05) is 13.1 Å². The van der Waals surface area contributed by atoms with Gasteiger partial charge in [-0.25, -0.2) is 0 Å². The molecular weight excluding hydrogens is 278 g/mol. The molecule has 3 heteroatoms. The van der Waals surface area contributed by atoms with E-state index in [0.717, 1.165) is 24.6 Å². The van der Waals surface area contributed by atoms with E-state index in [9.17, 15) is 0 Å². The van der Waals surface area contributed by atoms with Crippen LogP contribution >= 0.6 is 11.3 Å². The van der Waals surface area contributed by atoms with Gasteiger partial charge < -0.3 is 10.1 Å². The van der Waals surface area contributed by atoms with Gasteiger partial charge in [-0.05, 0) is 52.2 Å². The quantitative estimate of drug-likeness (QED) is 0.703. The molecule has 106 valence electrons. The zero-order valence-corrected chi connectivity index (χ0v) is 12.5. The molecule has 0 atom stereocenters. The van der Waals surface area contributed by atoms with Crippen LogP contribution in [0.5, 0.6) is 11.5 Å². The molecule has 0 amide bonds. The normalized spacial score (nSPS) is 10.5. The molecule has 0 spiro atoms. The molecule has 1 N–H and O–H groups in total. The van der Waals surface area contributed by atoms with Crippen molar-refractivity contribution in [1.82, 2.24) is 5.32 Å². The molecule has 0 bridgehead atoms. The number of para-hydroxylation sites is 1. The molecule has 2 aromatic carbocycles. The second kappa shape index (κ2) is 7.07. The van der Waals surface area contributed by atoms with Gasteiger partial charge in [-0.15, -0.1) is 0 Å². The highest BCUT2D eigenvalue weighted by Gasteiger charge is 1.99. The van der Waals surface area contributed by atoms with Crippen LogP contribution in [0.3, 0.4) is 0 Å². The number of hydrogen-bond acceptors (Lipinski definition) is 3. The van der Waals surface area contributed by atoms with Crippen molar-refractivity contribution in [2.75, 3.05) is 0 Å². The SMILES string of the molecule is c1ccc(Oc2cccc(CNCc3ccsc3)c2)cc1. The summed E-state index contributed by atoms with van der Waals surface area (Å²) in [7, 11) is 0. The van der Waals surface area contributed by atoms with E-state index in [1.54, 1.807) is 11.3 Å². The lowest BCUT2D eigenvalue weighted by Crippen LogP contribution is -2.11. The second-order valence-corrected chi connectivity index (χ2v) is 5.58. The molecular formula is C18H17NOS. The first-order valence-electron chi connectivity index (χ1n) is 6.94. The van der Waals surface area contributed by atoms with Gasteiger partial charge in [0.15, 0.2) is 0 Å². The van der Waals surface area contributed by atoms with Crippen LogP contribution in [-0.4, -0.2) is 0 Å². The minimum Gasteiger partial charge on any atom is -0.457 e. The van der Waals surface area contributed by atoms with Gasteiger partial charge in [0.2, 0.25) is 0 Å². The number of thiophene rings is 1. The standard InChI is InChI=1S/C18H17NOS/c1-2-6-17(7-3-1)20-18-8-4-5-15(11-18)12-19-13-16-9-10-21-14-16/h1-11,14,19H,12-13H2. The van der Waals surface area contributed by atoms with Gasteiger partial charge in [0.25, 0.3) is 0 Å². The van der Waals surface area contributed by atoms with Gasteiger partial charge in [-0.3, -0.25) is 0 Å². The maximum absolute atomic E-state index is 5.85. The highest BCUT2D eigenvalue weighted by Crippen LogP contribution is 2.21. The average molecular weight is 295 g/mol. The Morgan fingerprint density at radius 2 is 1.62 bits per heavy atom. The third-order valence-corrected chi connectivity index (χ3v) is 3.85. The maximum atomic E-state index is 5.85. The summed E-state index contributed by atoms with van der Waals surface area (Å²) in [6.45, 7) is 1.73. The van der Waals surface area contributed by atoms with Crippen molar-refractivity contribution in [3.63, 3.8) is 0 Å². The van der Waals surface area contributed by atoms with Crippen molar-refractivity contribution in [1.29, 1.82) is 0 Å². The molecule has 21 heavy (non-hydrogen) atoms. The van der Waals surface area contributed by atoms with Crippen LogP contribution < -0.4 is 10.1 Å². The molecule has 0 radical (unpaired) electrons. The lowest BCUT2D eigenvalue weighted by molar-refractivity contribution is 0.481.